The van der Waals surface area contributed by atoms with Crippen LogP contribution in [0.25, 0.3) is 16.2 Å². The standard InChI is InChI=1S/C20H24N4O2S/c1-5-13(6-2)18(25)21-15-9-7-14(8-10-15)16-11-24-17(19(26)23(3)4)12-27-20(24)22-16/h7-13H,5-6H2,1-4H3,(H,21,25). The molecular formula is C20H24N4O2S. The van der Waals surface area contributed by atoms with Gasteiger partial charge in [0.05, 0.1) is 5.69 Å². The van der Waals surface area contributed by atoms with Gasteiger partial charge in [-0.1, -0.05) is 26.0 Å². The lowest BCUT2D eigenvalue weighted by atomic mass is 10.0. The van der Waals surface area contributed by atoms with Crippen molar-refractivity contribution < 1.29 is 9.59 Å². The van der Waals surface area contributed by atoms with Gasteiger partial charge in [-0.05, 0) is 25.0 Å². The molecule has 1 N–H and O–H groups in total. The van der Waals surface area contributed by atoms with Crippen molar-refractivity contribution in [2.45, 2.75) is 26.7 Å². The first-order chi connectivity index (χ1) is 12.9. The van der Waals surface area contributed by atoms with Crippen LogP contribution in [0.3, 0.4) is 0 Å². The molecule has 0 aliphatic carbocycles. The van der Waals surface area contributed by atoms with Gasteiger partial charge in [0.25, 0.3) is 5.91 Å². The third-order valence-corrected chi connectivity index (χ3v) is 5.48. The molecule has 27 heavy (non-hydrogen) atoms. The first-order valence-corrected chi connectivity index (χ1v) is 9.92. The number of benzene rings is 1. The summed E-state index contributed by atoms with van der Waals surface area (Å²) >= 11 is 1.44. The molecule has 2 heterocycles. The van der Waals surface area contributed by atoms with Crippen LogP contribution in [0.4, 0.5) is 5.69 Å². The van der Waals surface area contributed by atoms with Gasteiger partial charge in [-0.25, -0.2) is 4.98 Å². The average molecular weight is 385 g/mol. The van der Waals surface area contributed by atoms with Crippen molar-refractivity contribution >= 4 is 33.8 Å². The lowest BCUT2D eigenvalue weighted by Crippen LogP contribution is -2.22. The van der Waals surface area contributed by atoms with Crippen molar-refractivity contribution in [2.75, 3.05) is 19.4 Å². The Kier molecular flexibility index (Phi) is 5.60. The predicted molar refractivity (Wildman–Crippen MR) is 109 cm³/mol. The van der Waals surface area contributed by atoms with Gasteiger partial charge in [-0.3, -0.25) is 14.0 Å². The Morgan fingerprint density at radius 3 is 2.44 bits per heavy atom. The maximum absolute atomic E-state index is 12.3. The van der Waals surface area contributed by atoms with Crippen LogP contribution in [-0.2, 0) is 4.79 Å². The molecule has 0 saturated carbocycles. The fraction of sp³-hybridized carbons (Fsp3) is 0.350. The van der Waals surface area contributed by atoms with Crippen molar-refractivity contribution in [1.29, 1.82) is 0 Å². The number of thiazole rings is 1. The van der Waals surface area contributed by atoms with E-state index in [1.165, 1.54) is 11.3 Å². The van der Waals surface area contributed by atoms with Gasteiger partial charge in [-0.15, -0.1) is 11.3 Å². The summed E-state index contributed by atoms with van der Waals surface area (Å²) in [4.78, 5) is 31.4. The number of hydrogen-bond acceptors (Lipinski definition) is 4. The molecule has 0 saturated heterocycles. The Morgan fingerprint density at radius 1 is 1.19 bits per heavy atom. The largest absolute Gasteiger partial charge is 0.343 e. The molecule has 142 valence electrons. The maximum Gasteiger partial charge on any atom is 0.271 e. The highest BCUT2D eigenvalue weighted by atomic mass is 32.1. The topological polar surface area (TPSA) is 66.7 Å². The molecule has 2 aromatic heterocycles. The van der Waals surface area contributed by atoms with E-state index >= 15 is 0 Å². The quantitative estimate of drug-likeness (QED) is 0.695. The van der Waals surface area contributed by atoms with Crippen molar-refractivity contribution in [2.24, 2.45) is 5.92 Å². The number of fused-ring (bicyclic) bond motifs is 1. The second kappa shape index (κ2) is 7.92. The monoisotopic (exact) mass is 384 g/mol. The van der Waals surface area contributed by atoms with Crippen LogP contribution in [0, 0.1) is 5.92 Å². The molecule has 0 spiro atoms. The molecule has 0 bridgehead atoms. The zero-order valence-corrected chi connectivity index (χ0v) is 16.8. The highest BCUT2D eigenvalue weighted by Crippen LogP contribution is 2.25. The molecule has 0 fully saturated rings. The van der Waals surface area contributed by atoms with E-state index in [0.29, 0.717) is 5.69 Å². The minimum Gasteiger partial charge on any atom is -0.343 e. The van der Waals surface area contributed by atoms with Gasteiger partial charge in [-0.2, -0.15) is 0 Å². The fourth-order valence-corrected chi connectivity index (χ4v) is 3.78. The molecule has 3 rings (SSSR count). The average Bonchev–Trinajstić information content (AvgIpc) is 3.23. The molecule has 3 aromatic rings. The Balaban J connectivity index is 1.81. The van der Waals surface area contributed by atoms with E-state index in [2.05, 4.69) is 10.3 Å². The highest BCUT2D eigenvalue weighted by Gasteiger charge is 2.17. The summed E-state index contributed by atoms with van der Waals surface area (Å²) in [6.45, 7) is 4.05. The van der Waals surface area contributed by atoms with E-state index < -0.39 is 0 Å². The van der Waals surface area contributed by atoms with E-state index in [9.17, 15) is 9.59 Å². The second-order valence-electron chi connectivity index (χ2n) is 6.68. The lowest BCUT2D eigenvalue weighted by Gasteiger charge is -2.12. The Bertz CT molecular complexity index is 952. The number of nitrogens with zero attached hydrogens (tertiary/aromatic N) is 3. The number of rotatable bonds is 6. The number of amides is 2. The summed E-state index contributed by atoms with van der Waals surface area (Å²) in [6, 6.07) is 7.63. The zero-order valence-electron chi connectivity index (χ0n) is 16.0. The number of anilines is 1. The van der Waals surface area contributed by atoms with Gasteiger partial charge in [0, 0.05) is 42.8 Å². The Hall–Kier alpha value is -2.67. The SMILES string of the molecule is CCC(CC)C(=O)Nc1ccc(-c2cn3c(C(=O)N(C)C)csc3n2)cc1. The molecule has 0 aliphatic rings. The van der Waals surface area contributed by atoms with E-state index in [-0.39, 0.29) is 17.7 Å². The van der Waals surface area contributed by atoms with Crippen LogP contribution < -0.4 is 5.32 Å². The van der Waals surface area contributed by atoms with Crippen LogP contribution in [0.15, 0.2) is 35.8 Å². The third kappa shape index (κ3) is 3.88. The minimum absolute atomic E-state index is 0.0391. The van der Waals surface area contributed by atoms with Gasteiger partial charge in [0.2, 0.25) is 5.91 Å². The first-order valence-electron chi connectivity index (χ1n) is 9.04. The normalized spacial score (nSPS) is 11.1. The van der Waals surface area contributed by atoms with Crippen LogP contribution in [0.2, 0.25) is 0 Å². The predicted octanol–water partition coefficient (Wildman–Crippen LogP) is 4.14. The summed E-state index contributed by atoms with van der Waals surface area (Å²) in [6.07, 6.45) is 3.54. The molecule has 7 heteroatoms. The summed E-state index contributed by atoms with van der Waals surface area (Å²) in [5.41, 5.74) is 3.12. The van der Waals surface area contributed by atoms with Crippen LogP contribution >= 0.6 is 11.3 Å². The molecule has 0 atom stereocenters. The number of carbonyl (C=O) groups excluding carboxylic acids is 2. The van der Waals surface area contributed by atoms with Crippen molar-refractivity contribution in [1.82, 2.24) is 14.3 Å². The third-order valence-electron chi connectivity index (χ3n) is 4.64. The van der Waals surface area contributed by atoms with E-state index in [1.54, 1.807) is 19.0 Å². The number of hydrogen-bond donors (Lipinski definition) is 1. The number of carbonyl (C=O) groups is 2. The van der Waals surface area contributed by atoms with E-state index in [1.807, 2.05) is 54.1 Å². The van der Waals surface area contributed by atoms with E-state index in [4.69, 9.17) is 0 Å². The number of aromatic nitrogens is 2. The van der Waals surface area contributed by atoms with Crippen LogP contribution in [0.5, 0.6) is 0 Å². The van der Waals surface area contributed by atoms with E-state index in [0.717, 1.165) is 34.7 Å². The number of imidazole rings is 1. The minimum atomic E-state index is -0.0512. The van der Waals surface area contributed by atoms with Crippen molar-refractivity contribution in [3.05, 3.63) is 41.5 Å². The molecule has 1 aromatic carbocycles. The molecule has 0 radical (unpaired) electrons. The maximum atomic E-state index is 12.3. The van der Waals surface area contributed by atoms with Gasteiger partial charge in [0.1, 0.15) is 5.69 Å². The Labute approximate surface area is 162 Å². The van der Waals surface area contributed by atoms with Crippen LogP contribution in [0.1, 0.15) is 37.2 Å². The Morgan fingerprint density at radius 2 is 1.85 bits per heavy atom. The summed E-state index contributed by atoms with van der Waals surface area (Å²) in [5.74, 6) is 0.0454. The fourth-order valence-electron chi connectivity index (χ4n) is 2.93. The molecular weight excluding hydrogens is 360 g/mol. The lowest BCUT2D eigenvalue weighted by molar-refractivity contribution is -0.120. The smallest absolute Gasteiger partial charge is 0.271 e. The molecule has 0 aliphatic heterocycles. The van der Waals surface area contributed by atoms with Gasteiger partial charge < -0.3 is 10.2 Å². The highest BCUT2D eigenvalue weighted by molar-refractivity contribution is 7.15. The van der Waals surface area contributed by atoms with Crippen molar-refractivity contribution in [3.8, 4) is 11.3 Å². The van der Waals surface area contributed by atoms with Gasteiger partial charge >= 0.3 is 0 Å². The first kappa shape index (κ1) is 19.1. The zero-order chi connectivity index (χ0) is 19.6. The summed E-state index contributed by atoms with van der Waals surface area (Å²) in [7, 11) is 3.47. The summed E-state index contributed by atoms with van der Waals surface area (Å²) in [5, 5.41) is 4.79. The van der Waals surface area contributed by atoms with Gasteiger partial charge in [0.15, 0.2) is 4.96 Å². The number of nitrogens with one attached hydrogen (secondary N) is 1. The summed E-state index contributed by atoms with van der Waals surface area (Å²) < 4.78 is 1.82. The molecule has 2 amide bonds. The second-order valence-corrected chi connectivity index (χ2v) is 7.52. The molecule has 6 nitrogen and oxygen atoms in total. The van der Waals surface area contributed by atoms with Crippen molar-refractivity contribution in [3.63, 3.8) is 0 Å². The molecule has 0 unspecified atom stereocenters. The van der Waals surface area contributed by atoms with Crippen LogP contribution in [-0.4, -0.2) is 40.2 Å².